The van der Waals surface area contributed by atoms with Crippen molar-refractivity contribution >= 4 is 10.0 Å². The summed E-state index contributed by atoms with van der Waals surface area (Å²) < 4.78 is 62.3. The van der Waals surface area contributed by atoms with Crippen LogP contribution in [0.1, 0.15) is 18.9 Å². The zero-order valence-corrected chi connectivity index (χ0v) is 11.8. The van der Waals surface area contributed by atoms with Gasteiger partial charge in [-0.15, -0.1) is 0 Å². The second-order valence-electron chi connectivity index (χ2n) is 4.52. The summed E-state index contributed by atoms with van der Waals surface area (Å²) in [5.74, 6) is 0. The average Bonchev–Trinajstić information content (AvgIpc) is 2.26. The van der Waals surface area contributed by atoms with E-state index in [-0.39, 0.29) is 4.90 Å². The van der Waals surface area contributed by atoms with E-state index in [9.17, 15) is 21.6 Å². The fraction of sp³-hybridized carbons (Fsp3) is 0.500. The van der Waals surface area contributed by atoms with Gasteiger partial charge in [0.05, 0.1) is 11.3 Å². The highest BCUT2D eigenvalue weighted by atomic mass is 32.2. The third kappa shape index (κ3) is 5.48. The molecule has 0 fully saturated rings. The number of benzene rings is 1. The van der Waals surface area contributed by atoms with Crippen LogP contribution in [-0.2, 0) is 16.4 Å². The molecule has 114 valence electrons. The molecule has 0 spiro atoms. The number of sulfonamides is 1. The van der Waals surface area contributed by atoms with Crippen LogP contribution < -0.4 is 10.5 Å². The Morgan fingerprint density at radius 1 is 1.25 bits per heavy atom. The highest BCUT2D eigenvalue weighted by Crippen LogP contribution is 2.22. The van der Waals surface area contributed by atoms with Gasteiger partial charge < -0.3 is 5.73 Å². The van der Waals surface area contributed by atoms with Crippen molar-refractivity contribution in [2.75, 3.05) is 6.54 Å². The minimum Gasteiger partial charge on any atom is -0.330 e. The molecule has 0 radical (unpaired) electrons. The van der Waals surface area contributed by atoms with E-state index in [1.54, 1.807) is 12.1 Å². The summed E-state index contributed by atoms with van der Waals surface area (Å²) in [6.45, 7) is 1.61. The van der Waals surface area contributed by atoms with Gasteiger partial charge in [-0.25, -0.2) is 13.1 Å². The molecule has 0 saturated heterocycles. The smallest absolute Gasteiger partial charge is 0.330 e. The minimum absolute atomic E-state index is 0.0627. The molecular formula is C12H17F3N2O2S. The van der Waals surface area contributed by atoms with Gasteiger partial charge in [0.1, 0.15) is 0 Å². The number of halogens is 3. The van der Waals surface area contributed by atoms with Crippen LogP contribution in [0.5, 0.6) is 0 Å². The van der Waals surface area contributed by atoms with Crippen LogP contribution >= 0.6 is 0 Å². The molecule has 0 heterocycles. The Balaban J connectivity index is 2.78. The monoisotopic (exact) mass is 310 g/mol. The van der Waals surface area contributed by atoms with E-state index < -0.39 is 28.7 Å². The van der Waals surface area contributed by atoms with Crippen molar-refractivity contribution in [2.45, 2.75) is 36.9 Å². The maximum Gasteiger partial charge on any atom is 0.390 e. The minimum atomic E-state index is -4.41. The molecule has 0 bridgehead atoms. The summed E-state index contributed by atoms with van der Waals surface area (Å²) in [6, 6.07) is 4.68. The second kappa shape index (κ2) is 6.55. The Labute approximate surface area is 116 Å². The second-order valence-corrected chi connectivity index (χ2v) is 6.24. The fourth-order valence-electron chi connectivity index (χ4n) is 1.72. The summed E-state index contributed by atoms with van der Waals surface area (Å²) in [4.78, 5) is -0.0627. The Morgan fingerprint density at radius 3 is 2.25 bits per heavy atom. The van der Waals surface area contributed by atoms with Gasteiger partial charge in [0.25, 0.3) is 0 Å². The van der Waals surface area contributed by atoms with Crippen LogP contribution in [0.15, 0.2) is 29.2 Å². The molecule has 1 atom stereocenters. The molecule has 8 heteroatoms. The normalized spacial score (nSPS) is 14.2. The average molecular weight is 310 g/mol. The van der Waals surface area contributed by atoms with Gasteiger partial charge in [-0.2, -0.15) is 13.2 Å². The molecule has 0 aromatic heterocycles. The number of alkyl halides is 3. The summed E-state index contributed by atoms with van der Waals surface area (Å²) in [6.07, 6.45) is -5.01. The van der Waals surface area contributed by atoms with E-state index in [4.69, 9.17) is 5.73 Å². The van der Waals surface area contributed by atoms with Gasteiger partial charge in [-0.05, 0) is 37.6 Å². The Bertz CT molecular complexity index is 527. The Kier molecular flexibility index (Phi) is 5.55. The van der Waals surface area contributed by atoms with Crippen molar-refractivity contribution < 1.29 is 21.6 Å². The molecule has 0 amide bonds. The van der Waals surface area contributed by atoms with Gasteiger partial charge in [-0.3, -0.25) is 0 Å². The third-order valence-electron chi connectivity index (χ3n) is 2.56. The van der Waals surface area contributed by atoms with E-state index in [0.717, 1.165) is 5.56 Å². The quantitative estimate of drug-likeness (QED) is 0.841. The lowest BCUT2D eigenvalue weighted by Gasteiger charge is -2.16. The molecule has 0 aliphatic carbocycles. The molecule has 0 aliphatic rings. The number of hydrogen-bond donors (Lipinski definition) is 2. The molecule has 1 unspecified atom stereocenters. The first kappa shape index (κ1) is 16.9. The molecule has 20 heavy (non-hydrogen) atoms. The van der Waals surface area contributed by atoms with E-state index >= 15 is 0 Å². The van der Waals surface area contributed by atoms with Crippen molar-refractivity contribution in [2.24, 2.45) is 5.73 Å². The van der Waals surface area contributed by atoms with Crippen molar-refractivity contribution in [3.05, 3.63) is 29.8 Å². The Morgan fingerprint density at radius 2 is 1.80 bits per heavy atom. The first-order valence-electron chi connectivity index (χ1n) is 6.02. The zero-order chi connectivity index (χ0) is 15.4. The lowest BCUT2D eigenvalue weighted by molar-refractivity contribution is -0.137. The molecular weight excluding hydrogens is 293 g/mol. The molecule has 1 aromatic rings. The standard InChI is InChI=1S/C12H17F3N2O2S/c1-9(8-12(13,14)15)17-20(18,19)11-4-2-10(3-5-11)6-7-16/h2-5,9,17H,6-8,16H2,1H3. The highest BCUT2D eigenvalue weighted by Gasteiger charge is 2.31. The molecule has 0 aliphatic heterocycles. The summed E-state index contributed by atoms with van der Waals surface area (Å²) in [5, 5.41) is 0. The van der Waals surface area contributed by atoms with Gasteiger partial charge >= 0.3 is 6.18 Å². The molecule has 4 nitrogen and oxygen atoms in total. The van der Waals surface area contributed by atoms with Crippen LogP contribution in [0.2, 0.25) is 0 Å². The van der Waals surface area contributed by atoms with Crippen LogP contribution in [0.25, 0.3) is 0 Å². The van der Waals surface area contributed by atoms with Crippen LogP contribution in [0.4, 0.5) is 13.2 Å². The van der Waals surface area contributed by atoms with Crippen molar-refractivity contribution in [1.29, 1.82) is 0 Å². The van der Waals surface area contributed by atoms with Crippen LogP contribution in [0.3, 0.4) is 0 Å². The van der Waals surface area contributed by atoms with Crippen molar-refractivity contribution in [3.8, 4) is 0 Å². The predicted octanol–water partition coefficient (Wildman–Crippen LogP) is 1.81. The summed E-state index contributed by atoms with van der Waals surface area (Å²) in [5.41, 5.74) is 6.24. The number of rotatable bonds is 6. The number of nitrogens with two attached hydrogens (primary N) is 1. The first-order chi connectivity index (χ1) is 9.14. The van der Waals surface area contributed by atoms with Crippen molar-refractivity contribution in [1.82, 2.24) is 4.72 Å². The third-order valence-corrected chi connectivity index (χ3v) is 4.17. The lowest BCUT2D eigenvalue weighted by Crippen LogP contribution is -2.35. The predicted molar refractivity (Wildman–Crippen MR) is 69.7 cm³/mol. The molecule has 1 aromatic carbocycles. The summed E-state index contributed by atoms with van der Waals surface area (Å²) >= 11 is 0. The topological polar surface area (TPSA) is 72.2 Å². The molecule has 0 saturated carbocycles. The lowest BCUT2D eigenvalue weighted by atomic mass is 10.2. The van der Waals surface area contributed by atoms with E-state index in [0.29, 0.717) is 13.0 Å². The fourth-order valence-corrected chi connectivity index (χ4v) is 2.97. The summed E-state index contributed by atoms with van der Waals surface area (Å²) in [7, 11) is -3.94. The molecule has 3 N–H and O–H groups in total. The maximum absolute atomic E-state index is 12.2. The van der Waals surface area contributed by atoms with Crippen LogP contribution in [0, 0.1) is 0 Å². The van der Waals surface area contributed by atoms with E-state index in [1.165, 1.54) is 19.1 Å². The Hall–Kier alpha value is -1.12. The van der Waals surface area contributed by atoms with Crippen LogP contribution in [-0.4, -0.2) is 27.2 Å². The van der Waals surface area contributed by atoms with Crippen molar-refractivity contribution in [3.63, 3.8) is 0 Å². The SMILES string of the molecule is CC(CC(F)(F)F)NS(=O)(=O)c1ccc(CCN)cc1. The van der Waals surface area contributed by atoms with E-state index in [2.05, 4.69) is 0 Å². The zero-order valence-electron chi connectivity index (χ0n) is 10.9. The first-order valence-corrected chi connectivity index (χ1v) is 7.50. The van der Waals surface area contributed by atoms with Gasteiger partial charge in [-0.1, -0.05) is 12.1 Å². The highest BCUT2D eigenvalue weighted by molar-refractivity contribution is 7.89. The number of hydrogen-bond acceptors (Lipinski definition) is 3. The van der Waals surface area contributed by atoms with Gasteiger partial charge in [0.15, 0.2) is 0 Å². The largest absolute Gasteiger partial charge is 0.390 e. The van der Waals surface area contributed by atoms with E-state index in [1.807, 2.05) is 4.72 Å². The van der Waals surface area contributed by atoms with Gasteiger partial charge in [0.2, 0.25) is 10.0 Å². The number of nitrogens with one attached hydrogen (secondary N) is 1. The maximum atomic E-state index is 12.2. The van der Waals surface area contributed by atoms with Gasteiger partial charge in [0, 0.05) is 6.04 Å². The molecule has 1 rings (SSSR count).